The summed E-state index contributed by atoms with van der Waals surface area (Å²) in [5, 5.41) is 15.2. The number of hydrogen-bond donors (Lipinski definition) is 2. The normalized spacial score (nSPS) is 15.2. The van der Waals surface area contributed by atoms with Crippen molar-refractivity contribution in [3.05, 3.63) is 66.1 Å². The Labute approximate surface area is 169 Å². The van der Waals surface area contributed by atoms with E-state index in [1.165, 1.54) is 0 Å². The minimum atomic E-state index is -0.0488. The molecule has 2 N–H and O–H groups in total. The van der Waals surface area contributed by atoms with Crippen molar-refractivity contribution < 1.29 is 4.79 Å². The molecule has 0 unspecified atom stereocenters. The van der Waals surface area contributed by atoms with E-state index >= 15 is 0 Å². The summed E-state index contributed by atoms with van der Waals surface area (Å²) in [6.45, 7) is 1.78. The van der Waals surface area contributed by atoms with E-state index < -0.39 is 0 Å². The molecular weight excluding hydrogens is 364 g/mol. The van der Waals surface area contributed by atoms with Crippen LogP contribution in [0.5, 0.6) is 0 Å². The number of imidazole rings is 1. The van der Waals surface area contributed by atoms with Crippen LogP contribution in [0.2, 0.25) is 0 Å². The van der Waals surface area contributed by atoms with Crippen LogP contribution >= 0.6 is 0 Å². The third-order valence-corrected chi connectivity index (χ3v) is 5.14. The van der Waals surface area contributed by atoms with Gasteiger partial charge in [0, 0.05) is 55.6 Å². The van der Waals surface area contributed by atoms with E-state index in [9.17, 15) is 4.79 Å². The molecule has 3 aromatic rings. The van der Waals surface area contributed by atoms with Gasteiger partial charge in [-0.1, -0.05) is 30.3 Å². The number of nitriles is 1. The molecule has 146 valence electrons. The first kappa shape index (κ1) is 18.7. The molecule has 0 fully saturated rings. The van der Waals surface area contributed by atoms with Crippen molar-refractivity contribution >= 4 is 11.7 Å². The van der Waals surface area contributed by atoms with Gasteiger partial charge in [0.1, 0.15) is 17.7 Å². The molecule has 0 saturated carbocycles. The fourth-order valence-corrected chi connectivity index (χ4v) is 3.65. The summed E-state index contributed by atoms with van der Waals surface area (Å²) >= 11 is 0. The standard InChI is InChI=1S/C22H22N6O/c23-14-18-7-4-9-24-20(18)25-10-11-26-22(29)17-8-12-28-19(13-17)15-27-21(28)16-5-2-1-3-6-16/h1-7,9,15,17H,8,10-13H2,(H,24,25)(H,26,29)/t17-/m0/s1. The summed E-state index contributed by atoms with van der Waals surface area (Å²) in [5.74, 6) is 1.51. The van der Waals surface area contributed by atoms with Gasteiger partial charge >= 0.3 is 0 Å². The minimum absolute atomic E-state index is 0.0488. The van der Waals surface area contributed by atoms with Crippen LogP contribution in [0.15, 0.2) is 54.9 Å². The number of carbonyl (C=O) groups excluding carboxylic acids is 1. The topological polar surface area (TPSA) is 95.6 Å². The Balaban J connectivity index is 1.30. The Morgan fingerprint density at radius 2 is 2.03 bits per heavy atom. The van der Waals surface area contributed by atoms with Crippen molar-refractivity contribution in [3.8, 4) is 17.5 Å². The van der Waals surface area contributed by atoms with E-state index in [1.54, 1.807) is 18.3 Å². The summed E-state index contributed by atoms with van der Waals surface area (Å²) < 4.78 is 2.21. The van der Waals surface area contributed by atoms with Crippen LogP contribution in [0.3, 0.4) is 0 Å². The third kappa shape index (κ3) is 4.11. The third-order valence-electron chi connectivity index (χ3n) is 5.14. The summed E-state index contributed by atoms with van der Waals surface area (Å²) in [7, 11) is 0. The Morgan fingerprint density at radius 1 is 1.17 bits per heavy atom. The second-order valence-electron chi connectivity index (χ2n) is 7.01. The van der Waals surface area contributed by atoms with Gasteiger partial charge in [0.2, 0.25) is 5.91 Å². The van der Waals surface area contributed by atoms with E-state index in [1.807, 2.05) is 24.4 Å². The molecule has 7 heteroatoms. The van der Waals surface area contributed by atoms with Crippen LogP contribution in [-0.4, -0.2) is 33.5 Å². The second-order valence-corrected chi connectivity index (χ2v) is 7.01. The molecule has 1 aromatic carbocycles. The molecule has 1 amide bonds. The number of rotatable bonds is 6. The minimum Gasteiger partial charge on any atom is -0.367 e. The highest BCUT2D eigenvalue weighted by molar-refractivity contribution is 5.79. The van der Waals surface area contributed by atoms with Crippen molar-refractivity contribution in [2.75, 3.05) is 18.4 Å². The molecule has 1 aliphatic heterocycles. The number of amides is 1. The van der Waals surface area contributed by atoms with Gasteiger partial charge in [-0.3, -0.25) is 4.79 Å². The molecule has 0 aliphatic carbocycles. The maximum Gasteiger partial charge on any atom is 0.223 e. The monoisotopic (exact) mass is 386 g/mol. The molecular formula is C22H22N6O. The zero-order chi connectivity index (χ0) is 20.1. The lowest BCUT2D eigenvalue weighted by Crippen LogP contribution is -2.37. The SMILES string of the molecule is N#Cc1cccnc1NCCNC(=O)[C@H]1CCn2c(cnc2-c2ccccc2)C1. The zero-order valence-electron chi connectivity index (χ0n) is 16.0. The summed E-state index contributed by atoms with van der Waals surface area (Å²) in [6, 6.07) is 15.7. The average Bonchev–Trinajstić information content (AvgIpc) is 3.20. The maximum absolute atomic E-state index is 12.6. The molecule has 4 rings (SSSR count). The average molecular weight is 386 g/mol. The number of hydrogen-bond acceptors (Lipinski definition) is 5. The van der Waals surface area contributed by atoms with Crippen LogP contribution in [-0.2, 0) is 17.8 Å². The van der Waals surface area contributed by atoms with Crippen LogP contribution in [0.4, 0.5) is 5.82 Å². The smallest absolute Gasteiger partial charge is 0.223 e. The van der Waals surface area contributed by atoms with Gasteiger partial charge in [0.15, 0.2) is 0 Å². The maximum atomic E-state index is 12.6. The Bertz CT molecular complexity index is 1040. The molecule has 1 atom stereocenters. The second kappa shape index (κ2) is 8.57. The molecule has 0 bridgehead atoms. The number of fused-ring (bicyclic) bond motifs is 1. The Kier molecular flexibility index (Phi) is 5.52. The van der Waals surface area contributed by atoms with Crippen molar-refractivity contribution in [1.29, 1.82) is 5.26 Å². The Hall–Kier alpha value is -3.66. The number of carbonyl (C=O) groups is 1. The highest BCUT2D eigenvalue weighted by atomic mass is 16.1. The lowest BCUT2D eigenvalue weighted by atomic mass is 9.95. The van der Waals surface area contributed by atoms with Crippen molar-refractivity contribution in [2.24, 2.45) is 5.92 Å². The van der Waals surface area contributed by atoms with E-state index in [2.05, 4.69) is 43.4 Å². The number of pyridine rings is 1. The summed E-state index contributed by atoms with van der Waals surface area (Å²) in [6.07, 6.45) is 5.00. The van der Waals surface area contributed by atoms with Crippen LogP contribution in [0, 0.1) is 17.2 Å². The zero-order valence-corrected chi connectivity index (χ0v) is 16.0. The lowest BCUT2D eigenvalue weighted by molar-refractivity contribution is -0.125. The number of anilines is 1. The molecule has 7 nitrogen and oxygen atoms in total. The number of nitrogens with zero attached hydrogens (tertiary/aromatic N) is 4. The predicted octanol–water partition coefficient (Wildman–Crippen LogP) is 2.61. The van der Waals surface area contributed by atoms with E-state index in [4.69, 9.17) is 5.26 Å². The van der Waals surface area contributed by atoms with Crippen molar-refractivity contribution in [3.63, 3.8) is 0 Å². The molecule has 29 heavy (non-hydrogen) atoms. The Morgan fingerprint density at radius 3 is 2.86 bits per heavy atom. The van der Waals surface area contributed by atoms with E-state index in [0.29, 0.717) is 30.9 Å². The van der Waals surface area contributed by atoms with Crippen LogP contribution in [0.1, 0.15) is 17.7 Å². The van der Waals surface area contributed by atoms with Gasteiger partial charge in [-0.2, -0.15) is 5.26 Å². The number of benzene rings is 1. The first-order chi connectivity index (χ1) is 14.3. The molecule has 0 saturated heterocycles. The predicted molar refractivity (Wildman–Crippen MR) is 110 cm³/mol. The van der Waals surface area contributed by atoms with Gasteiger partial charge in [-0.25, -0.2) is 9.97 Å². The first-order valence-corrected chi connectivity index (χ1v) is 9.73. The largest absolute Gasteiger partial charge is 0.367 e. The molecule has 2 aromatic heterocycles. The molecule has 0 spiro atoms. The van der Waals surface area contributed by atoms with Crippen molar-refractivity contribution in [1.82, 2.24) is 19.9 Å². The summed E-state index contributed by atoms with van der Waals surface area (Å²) in [5.41, 5.74) is 2.69. The quantitative estimate of drug-likeness (QED) is 0.635. The first-order valence-electron chi connectivity index (χ1n) is 9.73. The van der Waals surface area contributed by atoms with Gasteiger partial charge in [0.25, 0.3) is 0 Å². The number of nitrogens with one attached hydrogen (secondary N) is 2. The van der Waals surface area contributed by atoms with Gasteiger partial charge in [-0.15, -0.1) is 0 Å². The fourth-order valence-electron chi connectivity index (χ4n) is 3.65. The van der Waals surface area contributed by atoms with Gasteiger partial charge in [0.05, 0.1) is 5.56 Å². The van der Waals surface area contributed by atoms with Gasteiger partial charge < -0.3 is 15.2 Å². The highest BCUT2D eigenvalue weighted by Gasteiger charge is 2.26. The lowest BCUT2D eigenvalue weighted by Gasteiger charge is -2.24. The van der Waals surface area contributed by atoms with E-state index in [-0.39, 0.29) is 11.8 Å². The molecule has 1 aliphatic rings. The van der Waals surface area contributed by atoms with Crippen LogP contribution in [0.25, 0.3) is 11.4 Å². The molecule has 0 radical (unpaired) electrons. The summed E-state index contributed by atoms with van der Waals surface area (Å²) in [4.78, 5) is 21.3. The van der Waals surface area contributed by atoms with Crippen molar-refractivity contribution in [2.45, 2.75) is 19.4 Å². The van der Waals surface area contributed by atoms with Gasteiger partial charge in [-0.05, 0) is 18.6 Å². The number of aromatic nitrogens is 3. The van der Waals surface area contributed by atoms with Crippen LogP contribution < -0.4 is 10.6 Å². The highest BCUT2D eigenvalue weighted by Crippen LogP contribution is 2.27. The molecule has 3 heterocycles. The fraction of sp³-hybridized carbons (Fsp3) is 0.273. The van der Waals surface area contributed by atoms with E-state index in [0.717, 1.165) is 30.0 Å².